The van der Waals surface area contributed by atoms with Crippen LogP contribution in [0.4, 0.5) is 0 Å². The lowest BCUT2D eigenvalue weighted by atomic mass is 10.0. The number of aliphatic hydroxyl groups is 3. The third-order valence-corrected chi connectivity index (χ3v) is 6.72. The molecule has 182 valence electrons. The Morgan fingerprint density at radius 3 is 1.43 bits per heavy atom. The van der Waals surface area contributed by atoms with Gasteiger partial charge in [-0.1, -0.05) is 110 Å². The zero-order valence-electron chi connectivity index (χ0n) is 19.3. The quantitative estimate of drug-likeness (QED) is 0.114. The summed E-state index contributed by atoms with van der Waals surface area (Å²) in [5.74, 6) is -0.306. The van der Waals surface area contributed by atoms with E-state index in [1.807, 2.05) is 0 Å². The number of hydrogen-bond donors (Lipinski definition) is 3. The zero-order valence-corrected chi connectivity index (χ0v) is 20.1. The standard InChI is InChI=1S/C23H48O6S/c1-2-3-4-5-6-7-8-9-10-11-12-13-14-15-16-17-18-22(24)19-20-30(27,28)29-21-23(25)26/h22-26H,2-21H2,1H3. The maximum absolute atomic E-state index is 11.5. The fourth-order valence-electron chi connectivity index (χ4n) is 3.58. The third-order valence-electron chi connectivity index (χ3n) is 5.49. The van der Waals surface area contributed by atoms with E-state index in [-0.39, 0.29) is 12.2 Å². The van der Waals surface area contributed by atoms with Gasteiger partial charge in [-0.2, -0.15) is 8.42 Å². The Morgan fingerprint density at radius 1 is 0.633 bits per heavy atom. The lowest BCUT2D eigenvalue weighted by Crippen LogP contribution is -2.22. The van der Waals surface area contributed by atoms with Gasteiger partial charge >= 0.3 is 0 Å². The van der Waals surface area contributed by atoms with Crippen LogP contribution in [-0.4, -0.2) is 48.5 Å². The average Bonchev–Trinajstić information content (AvgIpc) is 2.70. The SMILES string of the molecule is CCCCCCCCCCCCCCCCCCC(O)CCS(=O)(=O)OCC(O)O. The van der Waals surface area contributed by atoms with Gasteiger partial charge in [0, 0.05) is 0 Å². The van der Waals surface area contributed by atoms with Crippen LogP contribution in [0.25, 0.3) is 0 Å². The van der Waals surface area contributed by atoms with Crippen LogP contribution in [0, 0.1) is 0 Å². The summed E-state index contributed by atoms with van der Waals surface area (Å²) < 4.78 is 27.5. The van der Waals surface area contributed by atoms with Gasteiger partial charge in [0.1, 0.15) is 6.61 Å². The van der Waals surface area contributed by atoms with E-state index in [1.165, 1.54) is 89.9 Å². The molecular formula is C23H48O6S. The molecule has 0 saturated heterocycles. The van der Waals surface area contributed by atoms with Crippen molar-refractivity contribution in [2.24, 2.45) is 0 Å². The molecule has 1 atom stereocenters. The zero-order chi connectivity index (χ0) is 22.5. The Labute approximate surface area is 185 Å². The van der Waals surface area contributed by atoms with Gasteiger partial charge < -0.3 is 15.3 Å². The molecule has 0 spiro atoms. The molecule has 0 fully saturated rings. The van der Waals surface area contributed by atoms with E-state index in [2.05, 4.69) is 11.1 Å². The van der Waals surface area contributed by atoms with Crippen LogP contribution < -0.4 is 0 Å². The van der Waals surface area contributed by atoms with Crippen LogP contribution in [-0.2, 0) is 14.3 Å². The average molecular weight is 453 g/mol. The predicted molar refractivity (Wildman–Crippen MR) is 123 cm³/mol. The van der Waals surface area contributed by atoms with Crippen molar-refractivity contribution in [3.63, 3.8) is 0 Å². The Bertz CT molecular complexity index is 453. The summed E-state index contributed by atoms with van der Waals surface area (Å²) in [6, 6.07) is 0. The van der Waals surface area contributed by atoms with Gasteiger partial charge in [0.15, 0.2) is 6.29 Å². The van der Waals surface area contributed by atoms with Gasteiger partial charge in [-0.05, 0) is 12.8 Å². The second kappa shape index (κ2) is 20.7. The van der Waals surface area contributed by atoms with Crippen molar-refractivity contribution in [2.75, 3.05) is 12.4 Å². The minimum atomic E-state index is -3.81. The van der Waals surface area contributed by atoms with E-state index in [4.69, 9.17) is 10.2 Å². The summed E-state index contributed by atoms with van der Waals surface area (Å²) in [5, 5.41) is 27.1. The molecule has 0 bridgehead atoms. The lowest BCUT2D eigenvalue weighted by Gasteiger charge is -2.11. The van der Waals surface area contributed by atoms with Crippen molar-refractivity contribution in [2.45, 2.75) is 135 Å². The smallest absolute Gasteiger partial charge is 0.267 e. The molecule has 0 heterocycles. The molecule has 1 unspecified atom stereocenters. The number of unbranched alkanes of at least 4 members (excludes halogenated alkanes) is 15. The predicted octanol–water partition coefficient (Wildman–Crippen LogP) is 5.05. The highest BCUT2D eigenvalue weighted by molar-refractivity contribution is 7.86. The normalized spacial score (nSPS) is 13.2. The van der Waals surface area contributed by atoms with Crippen molar-refractivity contribution in [1.82, 2.24) is 0 Å². The largest absolute Gasteiger partial charge is 0.393 e. The van der Waals surface area contributed by atoms with Gasteiger partial charge in [-0.25, -0.2) is 0 Å². The Morgan fingerprint density at radius 2 is 1.03 bits per heavy atom. The summed E-state index contributed by atoms with van der Waals surface area (Å²) in [4.78, 5) is 0. The topological polar surface area (TPSA) is 104 Å². The molecule has 6 nitrogen and oxygen atoms in total. The minimum Gasteiger partial charge on any atom is -0.393 e. The fourth-order valence-corrected chi connectivity index (χ4v) is 4.58. The molecule has 30 heavy (non-hydrogen) atoms. The van der Waals surface area contributed by atoms with E-state index in [9.17, 15) is 13.5 Å². The number of hydrogen-bond acceptors (Lipinski definition) is 6. The Balaban J connectivity index is 3.33. The molecular weight excluding hydrogens is 404 g/mol. The van der Waals surface area contributed by atoms with Gasteiger partial charge in [0.2, 0.25) is 0 Å². The van der Waals surface area contributed by atoms with Crippen molar-refractivity contribution >= 4 is 10.1 Å². The van der Waals surface area contributed by atoms with Gasteiger partial charge in [-0.15, -0.1) is 0 Å². The van der Waals surface area contributed by atoms with Crippen LogP contribution in [0.1, 0.15) is 122 Å². The summed E-state index contributed by atoms with van der Waals surface area (Å²) in [7, 11) is -3.81. The molecule has 0 rings (SSSR count). The molecule has 0 aliphatic rings. The van der Waals surface area contributed by atoms with Crippen LogP contribution in [0.15, 0.2) is 0 Å². The van der Waals surface area contributed by atoms with Gasteiger partial charge in [-0.3, -0.25) is 4.18 Å². The van der Waals surface area contributed by atoms with Gasteiger partial charge in [0.25, 0.3) is 10.1 Å². The molecule has 0 radical (unpaired) electrons. The highest BCUT2D eigenvalue weighted by Gasteiger charge is 2.16. The van der Waals surface area contributed by atoms with E-state index < -0.39 is 29.1 Å². The number of rotatable bonds is 23. The van der Waals surface area contributed by atoms with Crippen molar-refractivity contribution in [3.8, 4) is 0 Å². The van der Waals surface area contributed by atoms with Crippen LogP contribution >= 0.6 is 0 Å². The fraction of sp³-hybridized carbons (Fsp3) is 1.00. The summed E-state index contributed by atoms with van der Waals surface area (Å²) in [5.41, 5.74) is 0. The van der Waals surface area contributed by atoms with E-state index in [0.29, 0.717) is 6.42 Å². The number of aliphatic hydroxyl groups excluding tert-OH is 2. The Hall–Kier alpha value is -0.210. The first-order chi connectivity index (χ1) is 14.4. The van der Waals surface area contributed by atoms with E-state index >= 15 is 0 Å². The molecule has 0 aliphatic heterocycles. The summed E-state index contributed by atoms with van der Waals surface area (Å²) >= 11 is 0. The molecule has 7 heteroatoms. The molecule has 0 amide bonds. The molecule has 0 aromatic heterocycles. The highest BCUT2D eigenvalue weighted by atomic mass is 32.2. The second-order valence-corrected chi connectivity index (χ2v) is 10.3. The van der Waals surface area contributed by atoms with E-state index in [1.54, 1.807) is 0 Å². The van der Waals surface area contributed by atoms with Crippen molar-refractivity contribution < 1.29 is 27.9 Å². The van der Waals surface area contributed by atoms with E-state index in [0.717, 1.165) is 12.8 Å². The molecule has 0 aromatic carbocycles. The second-order valence-electron chi connectivity index (χ2n) is 8.56. The molecule has 0 aromatic rings. The first kappa shape index (κ1) is 29.8. The molecule has 3 N–H and O–H groups in total. The Kier molecular flexibility index (Phi) is 20.5. The minimum absolute atomic E-state index is 0.114. The van der Waals surface area contributed by atoms with Crippen LogP contribution in [0.5, 0.6) is 0 Å². The maximum Gasteiger partial charge on any atom is 0.267 e. The highest BCUT2D eigenvalue weighted by Crippen LogP contribution is 2.15. The summed E-state index contributed by atoms with van der Waals surface area (Å²) in [6.45, 7) is 1.59. The molecule has 0 aliphatic carbocycles. The van der Waals surface area contributed by atoms with Crippen LogP contribution in [0.2, 0.25) is 0 Å². The molecule has 0 saturated carbocycles. The third kappa shape index (κ3) is 22.5. The monoisotopic (exact) mass is 452 g/mol. The first-order valence-electron chi connectivity index (χ1n) is 12.3. The van der Waals surface area contributed by atoms with Crippen LogP contribution in [0.3, 0.4) is 0 Å². The van der Waals surface area contributed by atoms with Crippen molar-refractivity contribution in [1.29, 1.82) is 0 Å². The summed E-state index contributed by atoms with van der Waals surface area (Å²) in [6.07, 6.45) is 19.0. The lowest BCUT2D eigenvalue weighted by molar-refractivity contribution is -0.0669. The van der Waals surface area contributed by atoms with Gasteiger partial charge in [0.05, 0.1) is 11.9 Å². The maximum atomic E-state index is 11.5. The van der Waals surface area contributed by atoms with Crippen molar-refractivity contribution in [3.05, 3.63) is 0 Å². The first-order valence-corrected chi connectivity index (χ1v) is 13.9.